The minimum atomic E-state index is -3.83. The minimum Gasteiger partial charge on any atom is -0.439 e. The Labute approximate surface area is 147 Å². The summed E-state index contributed by atoms with van der Waals surface area (Å²) in [5, 5.41) is 0.392. The van der Waals surface area contributed by atoms with Crippen molar-refractivity contribution < 1.29 is 22.4 Å². The van der Waals surface area contributed by atoms with Crippen LogP contribution in [-0.2, 0) is 13.6 Å². The van der Waals surface area contributed by atoms with Crippen LogP contribution >= 0.6 is 19.8 Å². The monoisotopic (exact) mass is 381 g/mol. The van der Waals surface area contributed by atoms with E-state index in [-0.39, 0.29) is 39.9 Å². The summed E-state index contributed by atoms with van der Waals surface area (Å²) >= 11 is 5.38. The van der Waals surface area contributed by atoms with Gasteiger partial charge in [-0.2, -0.15) is 0 Å². The summed E-state index contributed by atoms with van der Waals surface area (Å²) < 4.78 is 34.5. The van der Waals surface area contributed by atoms with E-state index in [9.17, 15) is 9.36 Å². The van der Waals surface area contributed by atoms with E-state index in [1.54, 1.807) is 38.1 Å². The molecule has 0 fully saturated rings. The molecule has 3 aromatic rings. The normalized spacial score (nSPS) is 12.1. The van der Waals surface area contributed by atoms with Gasteiger partial charge in [0, 0.05) is 0 Å². The molecule has 3 rings (SSSR count). The third-order valence-electron chi connectivity index (χ3n) is 3.53. The molecular formula is C16H16NO6PS. The zero-order valence-electron chi connectivity index (χ0n) is 13.6. The van der Waals surface area contributed by atoms with E-state index < -0.39 is 13.2 Å². The van der Waals surface area contributed by atoms with Crippen molar-refractivity contribution in [3.63, 3.8) is 0 Å². The maximum atomic E-state index is 13.1. The Morgan fingerprint density at radius 3 is 2.44 bits per heavy atom. The second-order valence-corrected chi connectivity index (χ2v) is 7.43. The molecule has 25 heavy (non-hydrogen) atoms. The molecule has 0 atom stereocenters. The summed E-state index contributed by atoms with van der Waals surface area (Å²) in [4.78, 5) is 12.4. The Balaban J connectivity index is 2.47. The van der Waals surface area contributed by atoms with E-state index in [0.717, 1.165) is 0 Å². The van der Waals surface area contributed by atoms with Crippen LogP contribution in [0.5, 0.6) is 0 Å². The van der Waals surface area contributed by atoms with Gasteiger partial charge in [0.25, 0.3) is 0 Å². The van der Waals surface area contributed by atoms with Crippen LogP contribution in [0.15, 0.2) is 37.9 Å². The molecule has 0 radical (unpaired) electrons. The molecule has 2 aromatic heterocycles. The first-order valence-electron chi connectivity index (χ1n) is 7.60. The van der Waals surface area contributed by atoms with Crippen LogP contribution in [0.1, 0.15) is 13.8 Å². The van der Waals surface area contributed by atoms with Crippen molar-refractivity contribution in [3.8, 4) is 0 Å². The molecule has 0 saturated carbocycles. The van der Waals surface area contributed by atoms with Crippen LogP contribution in [0.3, 0.4) is 0 Å². The van der Waals surface area contributed by atoms with E-state index in [1.807, 2.05) is 0 Å². The summed E-state index contributed by atoms with van der Waals surface area (Å²) in [6.07, 6.45) is 0. The highest BCUT2D eigenvalue weighted by atomic mass is 32.1. The summed E-state index contributed by atoms with van der Waals surface area (Å²) in [5.74, 6) is -0.210. The number of rotatable bonds is 5. The minimum absolute atomic E-state index is 0.0162. The standard InChI is InChI=1S/C16H16NO6PS/c1-3-20-24(19,21-4-2)13-14(25)11-12(23-15(13)17)9-7-5-6-8-10(9)22-16(11)18/h5-8H,3-4,17H2,1-2H3. The first kappa shape index (κ1) is 17.8. The second kappa shape index (κ2) is 6.72. The smallest absolute Gasteiger partial charge is 0.368 e. The van der Waals surface area contributed by atoms with Gasteiger partial charge in [-0.05, 0) is 26.0 Å². The fourth-order valence-electron chi connectivity index (χ4n) is 2.58. The first-order chi connectivity index (χ1) is 11.9. The largest absolute Gasteiger partial charge is 0.439 e. The molecule has 9 heteroatoms. The van der Waals surface area contributed by atoms with Gasteiger partial charge in [-0.1, -0.05) is 24.4 Å². The number of para-hydroxylation sites is 1. The van der Waals surface area contributed by atoms with E-state index in [2.05, 4.69) is 0 Å². The van der Waals surface area contributed by atoms with Crippen molar-refractivity contribution in [1.29, 1.82) is 0 Å². The molecule has 2 N–H and O–H groups in total. The van der Waals surface area contributed by atoms with Crippen molar-refractivity contribution in [2.24, 2.45) is 0 Å². The highest BCUT2D eigenvalue weighted by molar-refractivity contribution is 7.73. The molecule has 7 nitrogen and oxygen atoms in total. The fraction of sp³-hybridized carbons (Fsp3) is 0.250. The molecule has 0 amide bonds. The van der Waals surface area contributed by atoms with E-state index >= 15 is 0 Å². The van der Waals surface area contributed by atoms with E-state index in [0.29, 0.717) is 11.0 Å². The van der Waals surface area contributed by atoms with E-state index in [1.165, 1.54) is 0 Å². The maximum Gasteiger partial charge on any atom is 0.368 e. The zero-order chi connectivity index (χ0) is 18.2. The predicted octanol–water partition coefficient (Wildman–Crippen LogP) is 3.74. The molecule has 0 unspecified atom stereocenters. The second-order valence-electron chi connectivity index (χ2n) is 5.07. The van der Waals surface area contributed by atoms with Gasteiger partial charge in [0.2, 0.25) is 5.88 Å². The molecule has 0 aliphatic carbocycles. The van der Waals surface area contributed by atoms with Gasteiger partial charge in [-0.3, -0.25) is 4.57 Å². The number of anilines is 1. The van der Waals surface area contributed by atoms with Gasteiger partial charge in [0.1, 0.15) is 16.3 Å². The number of hydrogen-bond acceptors (Lipinski definition) is 8. The Kier molecular flexibility index (Phi) is 4.79. The van der Waals surface area contributed by atoms with Crippen LogP contribution in [0.25, 0.3) is 21.9 Å². The predicted molar refractivity (Wildman–Crippen MR) is 98.0 cm³/mol. The van der Waals surface area contributed by atoms with Crippen LogP contribution in [0.2, 0.25) is 0 Å². The Hall–Kier alpha value is -1.99. The number of nitrogen functional groups attached to an aromatic ring is 1. The molecule has 0 spiro atoms. The van der Waals surface area contributed by atoms with Gasteiger partial charge in [0.05, 0.1) is 23.1 Å². The van der Waals surface area contributed by atoms with Gasteiger partial charge < -0.3 is 23.6 Å². The van der Waals surface area contributed by atoms with Crippen LogP contribution in [-0.4, -0.2) is 13.2 Å². The fourth-order valence-corrected chi connectivity index (χ4v) is 4.88. The average Bonchev–Trinajstić information content (AvgIpc) is 2.54. The van der Waals surface area contributed by atoms with Crippen LogP contribution in [0.4, 0.5) is 5.88 Å². The van der Waals surface area contributed by atoms with Crippen LogP contribution in [0, 0.1) is 4.51 Å². The zero-order valence-corrected chi connectivity index (χ0v) is 15.3. The van der Waals surface area contributed by atoms with Gasteiger partial charge in [-0.25, -0.2) is 4.79 Å². The molecule has 0 bridgehead atoms. The molecule has 2 heterocycles. The molecule has 0 saturated heterocycles. The molecular weight excluding hydrogens is 365 g/mol. The van der Waals surface area contributed by atoms with Crippen molar-refractivity contribution in [1.82, 2.24) is 0 Å². The van der Waals surface area contributed by atoms with Crippen LogP contribution < -0.4 is 16.7 Å². The van der Waals surface area contributed by atoms with Gasteiger partial charge >= 0.3 is 13.2 Å². The first-order valence-corrected chi connectivity index (χ1v) is 9.55. The summed E-state index contributed by atoms with van der Waals surface area (Å²) in [6, 6.07) is 6.82. The summed E-state index contributed by atoms with van der Waals surface area (Å²) in [6.45, 7) is 3.53. The Morgan fingerprint density at radius 1 is 1.16 bits per heavy atom. The maximum absolute atomic E-state index is 13.1. The summed E-state index contributed by atoms with van der Waals surface area (Å²) in [7, 11) is -3.83. The molecule has 132 valence electrons. The molecule has 1 aromatic carbocycles. The Morgan fingerprint density at radius 2 is 1.80 bits per heavy atom. The lowest BCUT2D eigenvalue weighted by molar-refractivity contribution is 0.229. The third-order valence-corrected chi connectivity index (χ3v) is 6.27. The van der Waals surface area contributed by atoms with Gasteiger partial charge in [0.15, 0.2) is 5.58 Å². The highest BCUT2D eigenvalue weighted by Gasteiger charge is 2.34. The number of fused-ring (bicyclic) bond motifs is 3. The lowest BCUT2D eigenvalue weighted by Gasteiger charge is -2.18. The van der Waals surface area contributed by atoms with Crippen molar-refractivity contribution in [2.75, 3.05) is 18.9 Å². The molecule has 0 aliphatic rings. The SMILES string of the molecule is CCOP(=O)(OCC)c1c(N)oc2c(c(=O)oc3ccccc32)c1=S. The lowest BCUT2D eigenvalue weighted by Crippen LogP contribution is -2.18. The van der Waals surface area contributed by atoms with E-state index in [4.69, 9.17) is 35.8 Å². The number of nitrogens with two attached hydrogens (primary N) is 1. The number of benzene rings is 1. The summed E-state index contributed by atoms with van der Waals surface area (Å²) in [5.41, 5.74) is 5.79. The Bertz CT molecular complexity index is 1110. The van der Waals surface area contributed by atoms with Crippen molar-refractivity contribution in [3.05, 3.63) is 39.2 Å². The highest BCUT2D eigenvalue weighted by Crippen LogP contribution is 2.49. The average molecular weight is 381 g/mol. The molecule has 0 aliphatic heterocycles. The van der Waals surface area contributed by atoms with Crippen molar-refractivity contribution in [2.45, 2.75) is 13.8 Å². The number of hydrogen-bond donors (Lipinski definition) is 1. The lowest BCUT2D eigenvalue weighted by atomic mass is 10.2. The topological polar surface area (TPSA) is 105 Å². The third kappa shape index (κ3) is 2.91. The van der Waals surface area contributed by atoms with Crippen molar-refractivity contribution >= 4 is 52.9 Å². The van der Waals surface area contributed by atoms with Gasteiger partial charge in [-0.15, -0.1) is 0 Å². The quantitative estimate of drug-likeness (QED) is 0.308.